The van der Waals surface area contributed by atoms with E-state index in [0.29, 0.717) is 37.6 Å². The van der Waals surface area contributed by atoms with Crippen LogP contribution in [0.15, 0.2) is 12.1 Å². The molecule has 0 heterocycles. The monoisotopic (exact) mass is 684 g/mol. The third-order valence-electron chi connectivity index (χ3n) is 4.04. The minimum absolute atomic E-state index is 0.201. The van der Waals surface area contributed by atoms with Crippen molar-refractivity contribution in [1.29, 1.82) is 0 Å². The van der Waals surface area contributed by atoms with Crippen LogP contribution >= 0.6 is 0 Å². The fourth-order valence-corrected chi connectivity index (χ4v) is 5.22. The van der Waals surface area contributed by atoms with Crippen LogP contribution in [0.2, 0.25) is 6.04 Å². The van der Waals surface area contributed by atoms with Gasteiger partial charge in [-0.3, -0.25) is 0 Å². The Morgan fingerprint density at radius 1 is 1.17 bits per heavy atom. The van der Waals surface area contributed by atoms with Gasteiger partial charge in [0.25, 0.3) is 0 Å². The molecular weight excluding hydrogens is 659 g/mol. The van der Waals surface area contributed by atoms with Crippen molar-refractivity contribution < 1.29 is 37.2 Å². The Labute approximate surface area is 164 Å². The molecule has 1 aromatic carbocycles. The number of methoxy groups -OCH3 is 1. The molecule has 1 rings (SSSR count). The van der Waals surface area contributed by atoms with Gasteiger partial charge in [-0.15, -0.1) is 0 Å². The van der Waals surface area contributed by atoms with Crippen molar-refractivity contribution in [3.63, 3.8) is 0 Å². The van der Waals surface area contributed by atoms with Gasteiger partial charge in [0.05, 0.1) is 0 Å². The third kappa shape index (κ3) is 6.60. The summed E-state index contributed by atoms with van der Waals surface area (Å²) in [5.41, 5.74) is 0.00619. The first-order valence-corrected chi connectivity index (χ1v) is 15.2. The molecule has 0 atom stereocenters. The topological polar surface area (TPSA) is 128 Å². The number of nitro benzene ring substituents is 1. The van der Waals surface area contributed by atoms with Crippen molar-refractivity contribution in [2.45, 2.75) is 19.1 Å². The number of carbonyl (C=O) groups excluding carboxylic acids is 1. The molecule has 0 radical (unpaired) electrons. The first kappa shape index (κ1) is 23.6. The number of alkyl carbamates (subject to hydrolysis) is 1. The number of nitrogens with one attached hydrogen (secondary N) is 1. The average molecular weight is 684 g/mol. The summed E-state index contributed by atoms with van der Waals surface area (Å²) in [6.45, 7) is 0.0290. The van der Waals surface area contributed by atoms with E-state index in [0.717, 1.165) is 0 Å². The average Bonchev–Trinajstić information content (AvgIpc) is 2.73. The summed E-state index contributed by atoms with van der Waals surface area (Å²) in [5, 5.41) is 13.9. The molecule has 11 nitrogen and oxygen atoms in total. The Morgan fingerprint density at radius 3 is 2.34 bits per heavy atom. The van der Waals surface area contributed by atoms with Gasteiger partial charge in [-0.05, 0) is 0 Å². The van der Waals surface area contributed by atoms with E-state index in [2.05, 4.69) is 5.32 Å². The van der Waals surface area contributed by atoms with Gasteiger partial charge in [0.2, 0.25) is 0 Å². The van der Waals surface area contributed by atoms with Crippen LogP contribution < -0.4 is 14.8 Å². The van der Waals surface area contributed by atoms with Crippen molar-refractivity contribution in [2.24, 2.45) is 0 Å². The Balaban J connectivity index is 2.65. The van der Waals surface area contributed by atoms with Gasteiger partial charge in [-0.1, -0.05) is 0 Å². The van der Waals surface area contributed by atoms with Crippen molar-refractivity contribution in [2.75, 3.05) is 42.1 Å². The molecule has 0 spiro atoms. The van der Waals surface area contributed by atoms with E-state index < -0.39 is 19.8 Å². The molecule has 1 N–H and O–H groups in total. The molecule has 13 heteroatoms. The molecule has 0 aliphatic heterocycles. The van der Waals surface area contributed by atoms with E-state index in [4.69, 9.17) is 27.5 Å². The van der Waals surface area contributed by atoms with Gasteiger partial charge in [0.1, 0.15) is 0 Å². The zero-order valence-corrected chi connectivity index (χ0v) is 24.4. The van der Waals surface area contributed by atoms with Crippen molar-refractivity contribution in [3.05, 3.63) is 27.8 Å². The van der Waals surface area contributed by atoms with E-state index >= 15 is 0 Å². The van der Waals surface area contributed by atoms with Crippen LogP contribution in [0.3, 0.4) is 0 Å². The van der Waals surface area contributed by atoms with E-state index in [1.807, 2.05) is 0 Å². The molecule has 0 aliphatic carbocycles. The molecular formula is C16H25N2O9RfSi. The number of hydrogen-bond acceptors (Lipinski definition) is 9. The van der Waals surface area contributed by atoms with Crippen LogP contribution in [0.1, 0.15) is 12.0 Å². The second-order valence-corrected chi connectivity index (χ2v) is 10.6. The van der Waals surface area contributed by atoms with E-state index in [1.54, 1.807) is 0 Å². The Bertz CT molecular complexity index is 680. The molecule has 0 aliphatic rings. The van der Waals surface area contributed by atoms with Crippen LogP contribution in [0, 0.1) is 10.1 Å². The standard InChI is InChI=1S/C16H25N2O9Si.Rf/c1-22-14-9-12(13(18(20)21)10-15(14)23-2)11-27-16(19)17-7-6-8-28(24-3,25-4)26-5;/h9-10H,2,6-8,11H2,1,3-5H3,(H,17,19);. The number of nitrogens with zero attached hydrogens (tertiary/aromatic N) is 1. The number of benzene rings is 1. The number of rotatable bonds is 13. The van der Waals surface area contributed by atoms with E-state index in [-0.39, 0.29) is 17.9 Å². The number of amides is 1. The summed E-state index contributed by atoms with van der Waals surface area (Å²) in [4.78, 5) is 22.7. The predicted molar refractivity (Wildman–Crippen MR) is 99.5 cm³/mol. The molecule has 159 valence electrons. The fraction of sp³-hybridized carbons (Fsp3) is 0.562. The SMILES string of the molecule is COc1cc(COC(=O)NCCC[Si](OC)(OC)OC)c([N+](=O)[O-])cc1O[CH2][Rf]. The Hall–Kier alpha value is -3.41. The van der Waals surface area contributed by atoms with E-state index in [9.17, 15) is 14.9 Å². The molecule has 0 saturated carbocycles. The summed E-state index contributed by atoms with van der Waals surface area (Å²) in [5.74, 6) is 0.649. The number of nitro groups is 1. The summed E-state index contributed by atoms with van der Waals surface area (Å²) in [6.07, 6.45) is -0.139. The molecule has 0 fully saturated rings. The molecule has 1 amide bonds. The third-order valence-corrected chi connectivity index (χ3v) is 7.80. The molecule has 0 bridgehead atoms. The maximum atomic E-state index is 11.9. The maximum absolute atomic E-state index is 11.9. The summed E-state index contributed by atoms with van der Waals surface area (Å²) in [6, 6.07) is 3.25. The Kier molecular flexibility index (Phi) is 9.32. The zero-order valence-electron chi connectivity index (χ0n) is 17.0. The van der Waals surface area contributed by atoms with Crippen molar-refractivity contribution >= 4 is 20.6 Å². The van der Waals surface area contributed by atoms with Crippen LogP contribution in [0.25, 0.3) is 0 Å². The first-order chi connectivity index (χ1) is 13.9. The molecule has 0 saturated heterocycles. The molecule has 0 unspecified atom stereocenters. The van der Waals surface area contributed by atoms with Crippen LogP contribution in [-0.2, 0) is 24.6 Å². The molecule has 29 heavy (non-hydrogen) atoms. The Morgan fingerprint density at radius 2 is 1.83 bits per heavy atom. The van der Waals surface area contributed by atoms with Crippen LogP contribution in [0.4, 0.5) is 10.5 Å². The van der Waals surface area contributed by atoms with Gasteiger partial charge in [-0.2, -0.15) is 0 Å². The summed E-state index contributed by atoms with van der Waals surface area (Å²) < 4.78 is 31.9. The zero-order chi connectivity index (χ0) is 21.9. The second kappa shape index (κ2) is 11.4. The number of hydrogen-bond donors (Lipinski definition) is 1. The second-order valence-electron chi connectivity index (χ2n) is 5.64. The van der Waals surface area contributed by atoms with Crippen LogP contribution in [0.5, 0.6) is 11.5 Å². The van der Waals surface area contributed by atoms with Gasteiger partial charge in [-0.25, -0.2) is 0 Å². The van der Waals surface area contributed by atoms with Crippen LogP contribution in [-0.4, -0.2) is 61.9 Å². The predicted octanol–water partition coefficient (Wildman–Crippen LogP) is 1.98. The summed E-state index contributed by atoms with van der Waals surface area (Å²) >= 11 is 0. The van der Waals surface area contributed by atoms with Crippen molar-refractivity contribution in [1.82, 2.24) is 5.32 Å². The normalized spacial score (nSPS) is 11.1. The van der Waals surface area contributed by atoms with Gasteiger partial charge in [0, 0.05) is 27.4 Å². The number of ether oxygens (including phenoxy) is 3. The van der Waals surface area contributed by atoms with Crippen molar-refractivity contribution in [3.8, 4) is 11.5 Å². The number of carbonyl (C=O) groups is 1. The molecule has 0 aromatic heterocycles. The van der Waals surface area contributed by atoms with Gasteiger partial charge < -0.3 is 13.3 Å². The van der Waals surface area contributed by atoms with E-state index in [1.165, 1.54) is 40.6 Å². The quantitative estimate of drug-likeness (QED) is 0.144. The van der Waals surface area contributed by atoms with Gasteiger partial charge in [0.15, 0.2) is 0 Å². The summed E-state index contributed by atoms with van der Waals surface area (Å²) in [7, 11) is 3.83. The first-order valence-electron chi connectivity index (χ1n) is 8.69. The fourth-order valence-electron chi connectivity index (χ4n) is 2.51. The van der Waals surface area contributed by atoms with Gasteiger partial charge >= 0.3 is 123 Å². The minimum atomic E-state index is -2.69. The molecule has 1 aromatic rings.